The van der Waals surface area contributed by atoms with Gasteiger partial charge >= 0.3 is 12.0 Å². The average molecular weight is 272 g/mol. The van der Waals surface area contributed by atoms with Crippen LogP contribution in [0.15, 0.2) is 0 Å². The van der Waals surface area contributed by atoms with Crippen molar-refractivity contribution in [3.05, 3.63) is 0 Å². The lowest BCUT2D eigenvalue weighted by Gasteiger charge is -2.43. The van der Waals surface area contributed by atoms with Gasteiger partial charge in [0.2, 0.25) is 0 Å². The van der Waals surface area contributed by atoms with Crippen LogP contribution in [0.25, 0.3) is 0 Å². The quantitative estimate of drug-likeness (QED) is 0.596. The van der Waals surface area contributed by atoms with E-state index in [1.165, 1.54) is 9.80 Å². The van der Waals surface area contributed by atoms with E-state index in [1.807, 2.05) is 0 Å². The molecule has 3 unspecified atom stereocenters. The van der Waals surface area contributed by atoms with Gasteiger partial charge in [0.05, 0.1) is 25.3 Å². The lowest BCUT2D eigenvalue weighted by molar-refractivity contribution is -0.150. The largest absolute Gasteiger partial charge is 0.480 e. The molecule has 0 spiro atoms. The Balaban J connectivity index is 2.15. The van der Waals surface area contributed by atoms with Crippen LogP contribution in [0.2, 0.25) is 0 Å². The molecule has 2 saturated heterocycles. The van der Waals surface area contributed by atoms with Crippen molar-refractivity contribution in [3.8, 4) is 0 Å². The Morgan fingerprint density at radius 2 is 1.74 bits per heavy atom. The first-order valence-electron chi connectivity index (χ1n) is 6.52. The number of piperidine rings is 1. The zero-order chi connectivity index (χ0) is 14.2. The lowest BCUT2D eigenvalue weighted by atomic mass is 9.89. The van der Waals surface area contributed by atoms with Gasteiger partial charge in [-0.05, 0) is 26.2 Å². The van der Waals surface area contributed by atoms with Crippen LogP contribution in [0.3, 0.4) is 0 Å². The van der Waals surface area contributed by atoms with Crippen molar-refractivity contribution >= 4 is 12.0 Å². The van der Waals surface area contributed by atoms with Crippen molar-refractivity contribution in [2.45, 2.75) is 43.9 Å². The van der Waals surface area contributed by atoms with Crippen LogP contribution < -0.4 is 0 Å². The topological polar surface area (TPSA) is 101 Å². The highest BCUT2D eigenvalue weighted by Gasteiger charge is 2.46. The second-order valence-electron chi connectivity index (χ2n) is 5.51. The number of hydrogen-bond donors (Lipinski definition) is 3. The van der Waals surface area contributed by atoms with E-state index in [2.05, 4.69) is 0 Å². The fraction of sp³-hybridized carbons (Fsp3) is 0.833. The van der Waals surface area contributed by atoms with Crippen LogP contribution in [0.4, 0.5) is 4.79 Å². The average Bonchev–Trinajstić information content (AvgIpc) is 2.69. The number of aliphatic hydroxyl groups excluding tert-OH is 2. The summed E-state index contributed by atoms with van der Waals surface area (Å²) in [5.74, 6) is -1.01. The first kappa shape index (κ1) is 14.1. The number of carboxylic acids is 1. The van der Waals surface area contributed by atoms with Crippen molar-refractivity contribution in [2.24, 2.45) is 0 Å². The van der Waals surface area contributed by atoms with Crippen LogP contribution in [-0.4, -0.2) is 74.5 Å². The number of aliphatic hydroxyl groups is 2. The van der Waals surface area contributed by atoms with Gasteiger partial charge < -0.3 is 25.1 Å². The number of rotatable bonds is 1. The van der Waals surface area contributed by atoms with Crippen LogP contribution in [-0.2, 0) is 4.79 Å². The molecule has 0 saturated carbocycles. The molecule has 0 aliphatic carbocycles. The summed E-state index contributed by atoms with van der Waals surface area (Å²) in [6, 6.07) is -0.416. The van der Waals surface area contributed by atoms with Gasteiger partial charge in [-0.3, -0.25) is 0 Å². The van der Waals surface area contributed by atoms with Crippen molar-refractivity contribution in [3.63, 3.8) is 0 Å². The van der Waals surface area contributed by atoms with Gasteiger partial charge in [-0.2, -0.15) is 0 Å². The van der Waals surface area contributed by atoms with E-state index < -0.39 is 29.7 Å². The summed E-state index contributed by atoms with van der Waals surface area (Å²) in [5, 5.41) is 28.3. The predicted molar refractivity (Wildman–Crippen MR) is 65.6 cm³/mol. The molecule has 7 heteroatoms. The third-order valence-corrected chi connectivity index (χ3v) is 4.11. The van der Waals surface area contributed by atoms with Crippen molar-refractivity contribution in [1.82, 2.24) is 9.80 Å². The molecule has 0 aromatic heterocycles. The van der Waals surface area contributed by atoms with Gasteiger partial charge in [-0.25, -0.2) is 9.59 Å². The molecule has 19 heavy (non-hydrogen) atoms. The van der Waals surface area contributed by atoms with Crippen molar-refractivity contribution in [1.29, 1.82) is 0 Å². The molecule has 0 aromatic rings. The molecule has 108 valence electrons. The highest BCUT2D eigenvalue weighted by atomic mass is 16.4. The van der Waals surface area contributed by atoms with Gasteiger partial charge in [0, 0.05) is 6.54 Å². The summed E-state index contributed by atoms with van der Waals surface area (Å²) in [6.07, 6.45) is 0.0629. The monoisotopic (exact) mass is 272 g/mol. The molecule has 2 fully saturated rings. The van der Waals surface area contributed by atoms with E-state index in [4.69, 9.17) is 0 Å². The Bertz CT molecular complexity index is 378. The second kappa shape index (κ2) is 4.97. The Morgan fingerprint density at radius 1 is 1.16 bits per heavy atom. The van der Waals surface area contributed by atoms with Gasteiger partial charge in [0.25, 0.3) is 0 Å². The fourth-order valence-electron chi connectivity index (χ4n) is 2.75. The number of amides is 2. The molecule has 3 atom stereocenters. The maximum atomic E-state index is 12.4. The number of aliphatic carboxylic acids is 1. The molecule has 0 radical (unpaired) electrons. The van der Waals surface area contributed by atoms with E-state index in [-0.39, 0.29) is 13.1 Å². The molecule has 3 N–H and O–H groups in total. The summed E-state index contributed by atoms with van der Waals surface area (Å²) < 4.78 is 0. The van der Waals surface area contributed by atoms with Gasteiger partial charge in [0.15, 0.2) is 0 Å². The number of hydrogen-bond acceptors (Lipinski definition) is 4. The first-order valence-corrected chi connectivity index (χ1v) is 6.52. The Labute approximate surface area is 111 Å². The van der Waals surface area contributed by atoms with Crippen LogP contribution >= 0.6 is 0 Å². The maximum Gasteiger partial charge on any atom is 0.329 e. The molecule has 2 aliphatic heterocycles. The number of carbonyl (C=O) groups excluding carboxylic acids is 1. The highest BCUT2D eigenvalue weighted by molar-refractivity contribution is 5.86. The lowest BCUT2D eigenvalue weighted by Crippen LogP contribution is -2.60. The maximum absolute atomic E-state index is 12.4. The van der Waals surface area contributed by atoms with Crippen LogP contribution in [0.1, 0.15) is 26.2 Å². The number of carbonyl (C=O) groups is 2. The minimum absolute atomic E-state index is 0.0478. The fourth-order valence-corrected chi connectivity index (χ4v) is 2.75. The molecule has 7 nitrogen and oxygen atoms in total. The number of β-amino-alcohol motifs (C(OH)–C–C–N with tert-alkyl or cyclic N) is 2. The zero-order valence-electron chi connectivity index (χ0n) is 10.9. The molecular weight excluding hydrogens is 252 g/mol. The van der Waals surface area contributed by atoms with Crippen LogP contribution in [0.5, 0.6) is 0 Å². The predicted octanol–water partition coefficient (Wildman–Crippen LogP) is -0.527. The number of carboxylic acid groups (broad SMARTS) is 1. The Morgan fingerprint density at radius 3 is 2.26 bits per heavy atom. The molecule has 2 amide bonds. The molecule has 0 bridgehead atoms. The smallest absolute Gasteiger partial charge is 0.329 e. The van der Waals surface area contributed by atoms with Crippen LogP contribution in [0, 0.1) is 0 Å². The van der Waals surface area contributed by atoms with E-state index in [0.717, 1.165) is 12.8 Å². The first-order chi connectivity index (χ1) is 8.86. The molecule has 2 heterocycles. The zero-order valence-corrected chi connectivity index (χ0v) is 10.9. The van der Waals surface area contributed by atoms with E-state index in [9.17, 15) is 24.9 Å². The number of nitrogens with zero attached hydrogens (tertiary/aromatic N) is 2. The molecular formula is C12H20N2O5. The summed E-state index contributed by atoms with van der Waals surface area (Å²) in [5.41, 5.74) is -1.20. The van der Waals surface area contributed by atoms with Gasteiger partial charge in [-0.1, -0.05) is 0 Å². The Hall–Kier alpha value is -1.34. The normalized spacial score (nSPS) is 35.5. The molecule has 0 aromatic carbocycles. The summed E-state index contributed by atoms with van der Waals surface area (Å²) in [6.45, 7) is 2.04. The Kier molecular flexibility index (Phi) is 3.69. The minimum atomic E-state index is -1.20. The number of urea groups is 1. The second-order valence-corrected chi connectivity index (χ2v) is 5.51. The standard InChI is InChI=1S/C12H20N2O5/c1-12(10(17)18)4-2-3-5-14(12)11(19)13-6-8(15)9(16)7-13/h8-9,15-16H,2-7H2,1H3,(H,17,18). The highest BCUT2D eigenvalue weighted by Crippen LogP contribution is 2.30. The van der Waals surface area contributed by atoms with Gasteiger partial charge in [-0.15, -0.1) is 0 Å². The van der Waals surface area contributed by atoms with Gasteiger partial charge in [0.1, 0.15) is 5.54 Å². The third-order valence-electron chi connectivity index (χ3n) is 4.11. The summed E-state index contributed by atoms with van der Waals surface area (Å²) in [4.78, 5) is 26.5. The molecule has 2 aliphatic rings. The molecule has 2 rings (SSSR count). The summed E-state index contributed by atoms with van der Waals surface area (Å²) in [7, 11) is 0. The minimum Gasteiger partial charge on any atom is -0.480 e. The third kappa shape index (κ3) is 2.40. The number of likely N-dealkylation sites (tertiary alicyclic amines) is 2. The SMILES string of the molecule is CC1(C(=O)O)CCCCN1C(=O)N1CC(O)C(O)C1. The van der Waals surface area contributed by atoms with E-state index in [1.54, 1.807) is 6.92 Å². The van der Waals surface area contributed by atoms with Crippen molar-refractivity contribution in [2.75, 3.05) is 19.6 Å². The van der Waals surface area contributed by atoms with Crippen molar-refractivity contribution < 1.29 is 24.9 Å². The van der Waals surface area contributed by atoms with E-state index in [0.29, 0.717) is 13.0 Å². The summed E-state index contributed by atoms with van der Waals surface area (Å²) >= 11 is 0. The van der Waals surface area contributed by atoms with E-state index >= 15 is 0 Å².